The molecule has 0 aromatic heterocycles. The van der Waals surface area contributed by atoms with E-state index >= 15 is 0 Å². The predicted molar refractivity (Wildman–Crippen MR) is 75.2 cm³/mol. The molecule has 7 heteroatoms. The molecule has 0 radical (unpaired) electrons. The molecular weight excluding hydrogens is 266 g/mol. The predicted octanol–water partition coefficient (Wildman–Crippen LogP) is -0.324. The topological polar surface area (TPSA) is 87.3 Å². The number of nitrogens with one attached hydrogen (secondary N) is 3. The van der Waals surface area contributed by atoms with Crippen LogP contribution >= 0.6 is 0 Å². The first-order chi connectivity index (χ1) is 8.59. The highest BCUT2D eigenvalue weighted by molar-refractivity contribution is 7.88. The van der Waals surface area contributed by atoms with Crippen LogP contribution in [0.5, 0.6) is 0 Å². The van der Waals surface area contributed by atoms with E-state index < -0.39 is 15.6 Å². The fourth-order valence-corrected chi connectivity index (χ4v) is 3.42. The molecule has 0 aromatic carbocycles. The smallest absolute Gasteiger partial charge is 0.224 e. The maximum Gasteiger partial charge on any atom is 0.224 e. The van der Waals surface area contributed by atoms with Crippen molar-refractivity contribution in [2.75, 3.05) is 25.9 Å². The maximum atomic E-state index is 12.0. The highest BCUT2D eigenvalue weighted by Crippen LogP contribution is 2.16. The minimum absolute atomic E-state index is 0.0116. The molecule has 6 nitrogen and oxygen atoms in total. The summed E-state index contributed by atoms with van der Waals surface area (Å²) in [4.78, 5) is 12.0. The third-order valence-electron chi connectivity index (χ3n) is 3.11. The summed E-state index contributed by atoms with van der Waals surface area (Å²) in [5, 5.41) is 6.06. The summed E-state index contributed by atoms with van der Waals surface area (Å²) in [5.74, 6) is 0.451. The van der Waals surface area contributed by atoms with Crippen molar-refractivity contribution in [3.05, 3.63) is 0 Å². The molecule has 1 amide bonds. The Kier molecular flexibility index (Phi) is 5.34. The lowest BCUT2D eigenvalue weighted by Gasteiger charge is -2.29. The number of carbonyl (C=O) groups excluding carboxylic acids is 1. The van der Waals surface area contributed by atoms with Crippen molar-refractivity contribution >= 4 is 15.9 Å². The minimum atomic E-state index is -3.28. The van der Waals surface area contributed by atoms with Gasteiger partial charge < -0.3 is 10.6 Å². The second-order valence-corrected chi connectivity index (χ2v) is 7.92. The second kappa shape index (κ2) is 6.19. The Bertz CT molecular complexity index is 420. The number of rotatable bonds is 5. The molecule has 112 valence electrons. The fourth-order valence-electron chi connectivity index (χ4n) is 2.35. The van der Waals surface area contributed by atoms with E-state index in [-0.39, 0.29) is 18.4 Å². The van der Waals surface area contributed by atoms with Gasteiger partial charge in [-0.25, -0.2) is 13.1 Å². The maximum absolute atomic E-state index is 12.0. The molecule has 0 aromatic rings. The average Bonchev–Trinajstić information content (AvgIpc) is 2.22. The highest BCUT2D eigenvalue weighted by Gasteiger charge is 2.27. The zero-order valence-corrected chi connectivity index (χ0v) is 12.9. The lowest BCUT2D eigenvalue weighted by molar-refractivity contribution is -0.126. The van der Waals surface area contributed by atoms with Crippen molar-refractivity contribution in [2.45, 2.75) is 32.7 Å². The molecule has 3 N–H and O–H groups in total. The Morgan fingerprint density at radius 3 is 2.53 bits per heavy atom. The van der Waals surface area contributed by atoms with E-state index in [4.69, 9.17) is 0 Å². The molecule has 0 spiro atoms. The molecule has 2 unspecified atom stereocenters. The summed E-state index contributed by atoms with van der Waals surface area (Å²) in [6.45, 7) is 7.53. The van der Waals surface area contributed by atoms with Crippen molar-refractivity contribution < 1.29 is 13.2 Å². The van der Waals surface area contributed by atoms with E-state index in [1.165, 1.54) is 0 Å². The molecule has 2 atom stereocenters. The quantitative estimate of drug-likeness (QED) is 0.647. The van der Waals surface area contributed by atoms with E-state index in [2.05, 4.69) is 22.3 Å². The first kappa shape index (κ1) is 16.4. The molecule has 0 aliphatic carbocycles. The lowest BCUT2D eigenvalue weighted by atomic mass is 9.91. The number of piperidine rings is 1. The van der Waals surface area contributed by atoms with Crippen molar-refractivity contribution in [3.63, 3.8) is 0 Å². The Labute approximate surface area is 115 Å². The van der Waals surface area contributed by atoms with Gasteiger partial charge in [0.2, 0.25) is 15.9 Å². The second-order valence-electron chi connectivity index (χ2n) is 6.17. The monoisotopic (exact) mass is 291 g/mol. The zero-order chi connectivity index (χ0) is 14.7. The SMILES string of the molecule is CC1CNCC(C(=O)NCC(C)(C)NS(C)(=O)=O)C1. The van der Waals surface area contributed by atoms with E-state index in [9.17, 15) is 13.2 Å². The molecule has 1 aliphatic rings. The minimum Gasteiger partial charge on any atom is -0.354 e. The molecule has 1 fully saturated rings. The van der Waals surface area contributed by atoms with Crippen LogP contribution in [0.3, 0.4) is 0 Å². The summed E-state index contributed by atoms with van der Waals surface area (Å²) in [6, 6.07) is 0. The third-order valence-corrected chi connectivity index (χ3v) is 4.03. The van der Waals surface area contributed by atoms with Crippen LogP contribution in [0.25, 0.3) is 0 Å². The Balaban J connectivity index is 2.45. The normalized spacial score (nSPS) is 25.1. The molecule has 1 aliphatic heterocycles. The van der Waals surface area contributed by atoms with Crippen molar-refractivity contribution in [2.24, 2.45) is 11.8 Å². The van der Waals surface area contributed by atoms with Crippen molar-refractivity contribution in [1.82, 2.24) is 15.4 Å². The van der Waals surface area contributed by atoms with Crippen LogP contribution in [-0.4, -0.2) is 45.8 Å². The van der Waals surface area contributed by atoms with Crippen molar-refractivity contribution in [3.8, 4) is 0 Å². The first-order valence-electron chi connectivity index (χ1n) is 6.56. The van der Waals surface area contributed by atoms with Gasteiger partial charge in [0, 0.05) is 18.6 Å². The molecule has 1 heterocycles. The number of carbonyl (C=O) groups is 1. The van der Waals surface area contributed by atoms with Crippen LogP contribution < -0.4 is 15.4 Å². The molecule has 0 saturated carbocycles. The Morgan fingerprint density at radius 2 is 2.00 bits per heavy atom. The summed E-state index contributed by atoms with van der Waals surface area (Å²) < 4.78 is 24.9. The van der Waals surface area contributed by atoms with Crippen LogP contribution in [0.4, 0.5) is 0 Å². The van der Waals surface area contributed by atoms with Gasteiger partial charge in [-0.1, -0.05) is 6.92 Å². The number of sulfonamides is 1. The van der Waals surface area contributed by atoms with Gasteiger partial charge in [0.05, 0.1) is 12.2 Å². The van der Waals surface area contributed by atoms with Gasteiger partial charge in [-0.15, -0.1) is 0 Å². The van der Waals surface area contributed by atoms with Gasteiger partial charge in [-0.3, -0.25) is 4.79 Å². The van der Waals surface area contributed by atoms with Crippen LogP contribution in [0.15, 0.2) is 0 Å². The fraction of sp³-hybridized carbons (Fsp3) is 0.917. The molecule has 1 rings (SSSR count). The molecule has 1 saturated heterocycles. The highest BCUT2D eigenvalue weighted by atomic mass is 32.2. The van der Waals surface area contributed by atoms with Crippen LogP contribution in [0, 0.1) is 11.8 Å². The van der Waals surface area contributed by atoms with Crippen molar-refractivity contribution in [1.29, 1.82) is 0 Å². The lowest BCUT2D eigenvalue weighted by Crippen LogP contribution is -2.53. The number of amides is 1. The van der Waals surface area contributed by atoms with E-state index in [0.29, 0.717) is 12.5 Å². The number of hydrogen-bond acceptors (Lipinski definition) is 4. The summed E-state index contributed by atoms with van der Waals surface area (Å²) >= 11 is 0. The molecule has 19 heavy (non-hydrogen) atoms. The summed E-state index contributed by atoms with van der Waals surface area (Å²) in [5.41, 5.74) is -0.684. The number of hydrogen-bond donors (Lipinski definition) is 3. The van der Waals surface area contributed by atoms with E-state index in [1.54, 1.807) is 13.8 Å². The largest absolute Gasteiger partial charge is 0.354 e. The standard InChI is InChI=1S/C12H25N3O3S/c1-9-5-10(7-13-6-9)11(16)14-8-12(2,3)15-19(4,17)18/h9-10,13,15H,5-8H2,1-4H3,(H,14,16). The third kappa shape index (κ3) is 6.35. The zero-order valence-electron chi connectivity index (χ0n) is 12.1. The van der Waals surface area contributed by atoms with Gasteiger partial charge >= 0.3 is 0 Å². The van der Waals surface area contributed by atoms with Gasteiger partial charge in [0.25, 0.3) is 0 Å². The average molecular weight is 291 g/mol. The summed E-state index contributed by atoms with van der Waals surface area (Å²) in [6.07, 6.45) is 1.99. The van der Waals surface area contributed by atoms with Gasteiger partial charge in [-0.2, -0.15) is 0 Å². The van der Waals surface area contributed by atoms with Crippen LogP contribution in [0.1, 0.15) is 27.2 Å². The Morgan fingerprint density at radius 1 is 1.37 bits per heavy atom. The molecule has 0 bridgehead atoms. The first-order valence-corrected chi connectivity index (χ1v) is 8.45. The van der Waals surface area contributed by atoms with E-state index in [0.717, 1.165) is 19.2 Å². The van der Waals surface area contributed by atoms with Crippen LogP contribution in [-0.2, 0) is 14.8 Å². The van der Waals surface area contributed by atoms with Gasteiger partial charge in [0.1, 0.15) is 0 Å². The van der Waals surface area contributed by atoms with Gasteiger partial charge in [-0.05, 0) is 32.7 Å². The molecular formula is C12H25N3O3S. The summed E-state index contributed by atoms with van der Waals surface area (Å²) in [7, 11) is -3.28. The Hall–Kier alpha value is -0.660. The van der Waals surface area contributed by atoms with Gasteiger partial charge in [0.15, 0.2) is 0 Å². The van der Waals surface area contributed by atoms with E-state index in [1.807, 2.05) is 0 Å². The van der Waals surface area contributed by atoms with Crippen LogP contribution in [0.2, 0.25) is 0 Å².